The van der Waals surface area contributed by atoms with E-state index in [1.54, 1.807) is 0 Å². The molecule has 0 aliphatic carbocycles. The Kier molecular flexibility index (Phi) is 3.55. The molecule has 0 aliphatic heterocycles. The zero-order valence-corrected chi connectivity index (χ0v) is 7.90. The van der Waals surface area contributed by atoms with E-state index in [1.165, 1.54) is 5.56 Å². The van der Waals surface area contributed by atoms with E-state index in [2.05, 4.69) is 45.7 Å². The van der Waals surface area contributed by atoms with Crippen LogP contribution in [0.25, 0.3) is 0 Å². The molecule has 2 atom stereocenters. The van der Waals surface area contributed by atoms with Crippen LogP contribution in [0.3, 0.4) is 0 Å². The molecular formula is C9H14NP. The zero-order chi connectivity index (χ0) is 8.10. The minimum absolute atomic E-state index is 0.390. The van der Waals surface area contributed by atoms with Crippen LogP contribution in [0.4, 0.5) is 0 Å². The minimum atomic E-state index is 0.390. The largest absolute Gasteiger partial charge is 0.307 e. The summed E-state index contributed by atoms with van der Waals surface area (Å²) in [4.78, 5) is 0. The second kappa shape index (κ2) is 4.48. The topological polar surface area (TPSA) is 12.0 Å². The molecular weight excluding hydrogens is 153 g/mol. The Bertz CT molecular complexity index is 198. The fourth-order valence-electron chi connectivity index (χ4n) is 0.998. The van der Waals surface area contributed by atoms with E-state index < -0.39 is 0 Å². The van der Waals surface area contributed by atoms with E-state index in [9.17, 15) is 0 Å². The van der Waals surface area contributed by atoms with Crippen molar-refractivity contribution in [3.8, 4) is 0 Å². The molecule has 1 aromatic rings. The summed E-state index contributed by atoms with van der Waals surface area (Å²) < 4.78 is 0. The van der Waals surface area contributed by atoms with Crippen LogP contribution in [0.1, 0.15) is 18.3 Å². The highest BCUT2D eigenvalue weighted by Gasteiger charge is 2.00. The molecule has 11 heavy (non-hydrogen) atoms. The highest BCUT2D eigenvalue weighted by molar-refractivity contribution is 7.17. The summed E-state index contributed by atoms with van der Waals surface area (Å²) in [6, 6.07) is 10.4. The standard InChI is InChI=1S/C9H14NP/c1-2-10-9(11)8-6-4-3-5-7-8/h3-7,9-10H,2,11H2,1H3. The molecule has 2 unspecified atom stereocenters. The van der Waals surface area contributed by atoms with Crippen molar-refractivity contribution in [3.05, 3.63) is 35.9 Å². The molecule has 60 valence electrons. The molecule has 1 aromatic carbocycles. The van der Waals surface area contributed by atoms with Crippen LogP contribution < -0.4 is 5.32 Å². The first-order valence-electron chi connectivity index (χ1n) is 3.88. The van der Waals surface area contributed by atoms with Crippen LogP contribution in [-0.2, 0) is 0 Å². The molecule has 0 bridgehead atoms. The summed E-state index contributed by atoms with van der Waals surface area (Å²) in [5.74, 6) is 0.390. The summed E-state index contributed by atoms with van der Waals surface area (Å²) in [6.07, 6.45) is 0. The van der Waals surface area contributed by atoms with Gasteiger partial charge in [0.05, 0.1) is 0 Å². The third-order valence-electron chi connectivity index (χ3n) is 1.58. The summed E-state index contributed by atoms with van der Waals surface area (Å²) in [5, 5.41) is 3.32. The number of hydrogen-bond donors (Lipinski definition) is 1. The monoisotopic (exact) mass is 167 g/mol. The van der Waals surface area contributed by atoms with Gasteiger partial charge in [-0.3, -0.25) is 0 Å². The van der Waals surface area contributed by atoms with Gasteiger partial charge in [0.25, 0.3) is 0 Å². The fraction of sp³-hybridized carbons (Fsp3) is 0.333. The maximum atomic E-state index is 3.32. The number of rotatable bonds is 3. The lowest BCUT2D eigenvalue weighted by molar-refractivity contribution is 0.710. The summed E-state index contributed by atoms with van der Waals surface area (Å²) in [6.45, 7) is 3.11. The summed E-state index contributed by atoms with van der Waals surface area (Å²) >= 11 is 0. The Hall–Kier alpha value is -0.390. The van der Waals surface area contributed by atoms with Gasteiger partial charge >= 0.3 is 0 Å². The average molecular weight is 167 g/mol. The lowest BCUT2D eigenvalue weighted by Gasteiger charge is -2.11. The van der Waals surface area contributed by atoms with Crippen molar-refractivity contribution in [1.29, 1.82) is 0 Å². The predicted molar refractivity (Wildman–Crippen MR) is 52.6 cm³/mol. The second-order valence-corrected chi connectivity index (χ2v) is 3.11. The van der Waals surface area contributed by atoms with Gasteiger partial charge in [-0.05, 0) is 12.1 Å². The number of benzene rings is 1. The van der Waals surface area contributed by atoms with E-state index in [0.29, 0.717) is 5.78 Å². The fourth-order valence-corrected chi connectivity index (χ4v) is 1.46. The van der Waals surface area contributed by atoms with Crippen molar-refractivity contribution < 1.29 is 0 Å². The molecule has 0 heterocycles. The first-order valence-corrected chi connectivity index (χ1v) is 4.55. The SMILES string of the molecule is CCNC(P)c1ccccc1. The Balaban J connectivity index is 2.61. The van der Waals surface area contributed by atoms with E-state index >= 15 is 0 Å². The number of hydrogen-bond acceptors (Lipinski definition) is 1. The smallest absolute Gasteiger partial charge is 0.0463 e. The Morgan fingerprint density at radius 3 is 2.55 bits per heavy atom. The molecule has 2 heteroatoms. The molecule has 0 aromatic heterocycles. The zero-order valence-electron chi connectivity index (χ0n) is 6.75. The number of nitrogens with one attached hydrogen (secondary N) is 1. The van der Waals surface area contributed by atoms with Crippen molar-refractivity contribution in [2.75, 3.05) is 6.54 Å². The van der Waals surface area contributed by atoms with Crippen LogP contribution >= 0.6 is 9.24 Å². The van der Waals surface area contributed by atoms with Crippen LogP contribution in [0, 0.1) is 0 Å². The molecule has 0 aliphatic rings. The third kappa shape index (κ3) is 2.61. The van der Waals surface area contributed by atoms with Gasteiger partial charge in [0.15, 0.2) is 0 Å². The third-order valence-corrected chi connectivity index (χ3v) is 2.20. The maximum Gasteiger partial charge on any atom is 0.0463 e. The molecule has 1 nitrogen and oxygen atoms in total. The first kappa shape index (κ1) is 8.70. The molecule has 0 spiro atoms. The molecule has 0 saturated carbocycles. The van der Waals surface area contributed by atoms with Crippen molar-refractivity contribution in [1.82, 2.24) is 5.32 Å². The van der Waals surface area contributed by atoms with Gasteiger partial charge in [0, 0.05) is 5.78 Å². The molecule has 1 rings (SSSR count). The van der Waals surface area contributed by atoms with Crippen molar-refractivity contribution in [3.63, 3.8) is 0 Å². The van der Waals surface area contributed by atoms with Gasteiger partial charge in [0.1, 0.15) is 0 Å². The highest BCUT2D eigenvalue weighted by atomic mass is 31.0. The Labute approximate surface area is 70.4 Å². The van der Waals surface area contributed by atoms with Crippen molar-refractivity contribution >= 4 is 9.24 Å². The molecule has 0 saturated heterocycles. The normalized spacial score (nSPS) is 12.9. The average Bonchev–Trinajstić information content (AvgIpc) is 2.07. The maximum absolute atomic E-state index is 3.32. The van der Waals surface area contributed by atoms with Gasteiger partial charge in [-0.15, -0.1) is 9.24 Å². The van der Waals surface area contributed by atoms with Gasteiger partial charge in [-0.2, -0.15) is 0 Å². The van der Waals surface area contributed by atoms with E-state index in [1.807, 2.05) is 6.07 Å². The van der Waals surface area contributed by atoms with E-state index in [-0.39, 0.29) is 0 Å². The lowest BCUT2D eigenvalue weighted by atomic mass is 10.2. The Morgan fingerprint density at radius 1 is 1.36 bits per heavy atom. The second-order valence-electron chi connectivity index (χ2n) is 2.45. The van der Waals surface area contributed by atoms with Gasteiger partial charge in [0.2, 0.25) is 0 Å². The molecule has 0 amide bonds. The van der Waals surface area contributed by atoms with Crippen molar-refractivity contribution in [2.45, 2.75) is 12.7 Å². The van der Waals surface area contributed by atoms with Crippen LogP contribution in [0.5, 0.6) is 0 Å². The van der Waals surface area contributed by atoms with Gasteiger partial charge < -0.3 is 5.32 Å². The van der Waals surface area contributed by atoms with Crippen LogP contribution in [0.15, 0.2) is 30.3 Å². The minimum Gasteiger partial charge on any atom is -0.307 e. The van der Waals surface area contributed by atoms with E-state index in [4.69, 9.17) is 0 Å². The van der Waals surface area contributed by atoms with Crippen LogP contribution in [0.2, 0.25) is 0 Å². The quantitative estimate of drug-likeness (QED) is 0.680. The summed E-state index contributed by atoms with van der Waals surface area (Å²) in [7, 11) is 2.78. The molecule has 1 N–H and O–H groups in total. The lowest BCUT2D eigenvalue weighted by Crippen LogP contribution is -2.14. The first-order chi connectivity index (χ1) is 5.34. The Morgan fingerprint density at radius 2 is 2.00 bits per heavy atom. The predicted octanol–water partition coefficient (Wildman–Crippen LogP) is 2.17. The molecule has 0 radical (unpaired) electrons. The van der Waals surface area contributed by atoms with Crippen molar-refractivity contribution in [2.24, 2.45) is 0 Å². The highest BCUT2D eigenvalue weighted by Crippen LogP contribution is 2.18. The van der Waals surface area contributed by atoms with Gasteiger partial charge in [-0.25, -0.2) is 0 Å². The summed E-state index contributed by atoms with van der Waals surface area (Å²) in [5.41, 5.74) is 1.32. The van der Waals surface area contributed by atoms with Crippen LogP contribution in [-0.4, -0.2) is 6.54 Å². The van der Waals surface area contributed by atoms with Gasteiger partial charge in [-0.1, -0.05) is 37.3 Å². The van der Waals surface area contributed by atoms with E-state index in [0.717, 1.165) is 6.54 Å². The molecule has 0 fully saturated rings.